The molecule has 23 heavy (non-hydrogen) atoms. The van der Waals surface area contributed by atoms with E-state index in [1.54, 1.807) is 7.11 Å². The highest BCUT2D eigenvalue weighted by Crippen LogP contribution is 2.16. The number of hydrogen-bond donors (Lipinski definition) is 1. The van der Waals surface area contributed by atoms with Gasteiger partial charge < -0.3 is 24.6 Å². The van der Waals surface area contributed by atoms with Crippen molar-refractivity contribution < 1.29 is 9.47 Å². The summed E-state index contributed by atoms with van der Waals surface area (Å²) in [5.74, 6) is 1.61. The fourth-order valence-electron chi connectivity index (χ4n) is 2.76. The first-order valence-electron chi connectivity index (χ1n) is 8.84. The van der Waals surface area contributed by atoms with Gasteiger partial charge in [-0.3, -0.25) is 4.99 Å². The molecule has 0 aromatic carbocycles. The maximum atomic E-state index is 5.65. The van der Waals surface area contributed by atoms with E-state index in [1.165, 1.54) is 12.8 Å². The number of methoxy groups -OCH3 is 1. The van der Waals surface area contributed by atoms with Gasteiger partial charge in [-0.1, -0.05) is 6.92 Å². The standard InChI is InChI=1S/C17H36N4O2/c1-6-15(2)20(4)10-8-19-17(18-3)21-9-7-16(13-21)14-23-12-11-22-5/h15-16H,6-14H2,1-5H3,(H,18,19). The molecule has 1 aliphatic rings. The number of rotatable bonds is 10. The lowest BCUT2D eigenvalue weighted by atomic mass is 10.1. The van der Waals surface area contributed by atoms with Crippen LogP contribution in [-0.4, -0.2) is 89.0 Å². The topological polar surface area (TPSA) is 49.3 Å². The van der Waals surface area contributed by atoms with E-state index >= 15 is 0 Å². The zero-order valence-corrected chi connectivity index (χ0v) is 15.7. The molecule has 2 unspecified atom stereocenters. The Labute approximate surface area is 142 Å². The van der Waals surface area contributed by atoms with Crippen molar-refractivity contribution in [2.75, 3.05) is 67.2 Å². The smallest absolute Gasteiger partial charge is 0.193 e. The van der Waals surface area contributed by atoms with Gasteiger partial charge in [0.05, 0.1) is 19.8 Å². The summed E-state index contributed by atoms with van der Waals surface area (Å²) in [4.78, 5) is 9.15. The summed E-state index contributed by atoms with van der Waals surface area (Å²) in [6, 6.07) is 0.624. The number of likely N-dealkylation sites (N-methyl/N-ethyl adjacent to an activating group) is 1. The van der Waals surface area contributed by atoms with Crippen LogP contribution < -0.4 is 5.32 Å². The Bertz CT molecular complexity index is 339. The fourth-order valence-corrected chi connectivity index (χ4v) is 2.76. The average molecular weight is 329 g/mol. The minimum Gasteiger partial charge on any atom is -0.382 e. The first-order valence-corrected chi connectivity index (χ1v) is 8.84. The molecule has 2 atom stereocenters. The molecule has 0 aliphatic carbocycles. The Morgan fingerprint density at radius 1 is 1.43 bits per heavy atom. The third-order valence-electron chi connectivity index (χ3n) is 4.67. The number of nitrogens with one attached hydrogen (secondary N) is 1. The van der Waals surface area contributed by atoms with Crippen molar-refractivity contribution in [3.8, 4) is 0 Å². The normalized spacial score (nSPS) is 20.3. The van der Waals surface area contributed by atoms with Crippen LogP contribution >= 0.6 is 0 Å². The zero-order chi connectivity index (χ0) is 17.1. The Kier molecular flexibility index (Phi) is 10.2. The monoisotopic (exact) mass is 328 g/mol. The summed E-state index contributed by atoms with van der Waals surface area (Å²) in [6.45, 7) is 10.7. The molecule has 0 radical (unpaired) electrons. The molecule has 0 aromatic rings. The summed E-state index contributed by atoms with van der Waals surface area (Å²) in [5, 5.41) is 3.49. The van der Waals surface area contributed by atoms with Gasteiger partial charge in [-0.15, -0.1) is 0 Å². The van der Waals surface area contributed by atoms with Crippen LogP contribution in [0.4, 0.5) is 0 Å². The molecule has 0 amide bonds. The molecule has 0 bridgehead atoms. The Morgan fingerprint density at radius 2 is 2.22 bits per heavy atom. The Hall–Kier alpha value is -0.850. The maximum Gasteiger partial charge on any atom is 0.193 e. The molecular weight excluding hydrogens is 292 g/mol. The Morgan fingerprint density at radius 3 is 2.87 bits per heavy atom. The van der Waals surface area contributed by atoms with Crippen molar-refractivity contribution in [3.63, 3.8) is 0 Å². The molecule has 0 saturated carbocycles. The number of nitrogens with zero attached hydrogens (tertiary/aromatic N) is 3. The van der Waals surface area contributed by atoms with Crippen LogP contribution in [0.25, 0.3) is 0 Å². The van der Waals surface area contributed by atoms with Crippen molar-refractivity contribution in [2.45, 2.75) is 32.7 Å². The van der Waals surface area contributed by atoms with E-state index in [0.29, 0.717) is 25.2 Å². The number of guanidine groups is 1. The second-order valence-electron chi connectivity index (χ2n) is 6.38. The van der Waals surface area contributed by atoms with Gasteiger partial charge >= 0.3 is 0 Å². The molecule has 1 saturated heterocycles. The third-order valence-corrected chi connectivity index (χ3v) is 4.67. The molecule has 1 N–H and O–H groups in total. The number of likely N-dealkylation sites (tertiary alicyclic amines) is 1. The summed E-state index contributed by atoms with van der Waals surface area (Å²) >= 11 is 0. The van der Waals surface area contributed by atoms with Crippen molar-refractivity contribution in [3.05, 3.63) is 0 Å². The van der Waals surface area contributed by atoms with E-state index in [1.807, 2.05) is 7.05 Å². The van der Waals surface area contributed by atoms with E-state index in [2.05, 4.69) is 41.0 Å². The van der Waals surface area contributed by atoms with Crippen molar-refractivity contribution in [1.82, 2.24) is 15.1 Å². The SMILES string of the molecule is CCC(C)N(C)CCNC(=NC)N1CCC(COCCOC)C1. The second-order valence-corrected chi connectivity index (χ2v) is 6.38. The molecular formula is C17H36N4O2. The molecule has 1 aliphatic heterocycles. The predicted octanol–water partition coefficient (Wildman–Crippen LogP) is 1.28. The highest BCUT2D eigenvalue weighted by molar-refractivity contribution is 5.80. The molecule has 0 spiro atoms. The van der Waals surface area contributed by atoms with Crippen molar-refractivity contribution in [1.29, 1.82) is 0 Å². The molecule has 1 rings (SSSR count). The first kappa shape index (κ1) is 20.2. The summed E-state index contributed by atoms with van der Waals surface area (Å²) in [7, 11) is 5.75. The lowest BCUT2D eigenvalue weighted by molar-refractivity contribution is 0.0536. The van der Waals surface area contributed by atoms with Crippen LogP contribution in [0.2, 0.25) is 0 Å². The van der Waals surface area contributed by atoms with E-state index < -0.39 is 0 Å². The molecule has 1 fully saturated rings. The summed E-state index contributed by atoms with van der Waals surface area (Å²) in [5.41, 5.74) is 0. The largest absolute Gasteiger partial charge is 0.382 e. The van der Waals surface area contributed by atoms with Crippen LogP contribution in [0, 0.1) is 5.92 Å². The van der Waals surface area contributed by atoms with Crippen molar-refractivity contribution >= 4 is 5.96 Å². The van der Waals surface area contributed by atoms with E-state index in [4.69, 9.17) is 9.47 Å². The zero-order valence-electron chi connectivity index (χ0n) is 15.7. The van der Waals surface area contributed by atoms with E-state index in [9.17, 15) is 0 Å². The van der Waals surface area contributed by atoms with Gasteiger partial charge in [0.15, 0.2) is 5.96 Å². The van der Waals surface area contributed by atoms with Gasteiger partial charge in [-0.05, 0) is 26.8 Å². The first-order chi connectivity index (χ1) is 11.1. The van der Waals surface area contributed by atoms with Crippen LogP contribution in [0.5, 0.6) is 0 Å². The number of ether oxygens (including phenoxy) is 2. The molecule has 6 nitrogen and oxygen atoms in total. The average Bonchev–Trinajstić information content (AvgIpc) is 3.03. The highest BCUT2D eigenvalue weighted by Gasteiger charge is 2.24. The van der Waals surface area contributed by atoms with E-state index in [0.717, 1.165) is 38.7 Å². The van der Waals surface area contributed by atoms with Gasteiger partial charge in [0.1, 0.15) is 0 Å². The quantitative estimate of drug-likeness (QED) is 0.372. The van der Waals surface area contributed by atoms with Gasteiger partial charge in [0.25, 0.3) is 0 Å². The molecule has 136 valence electrons. The molecule has 6 heteroatoms. The van der Waals surface area contributed by atoms with E-state index in [-0.39, 0.29) is 0 Å². The lowest BCUT2D eigenvalue weighted by Gasteiger charge is -2.26. The van der Waals surface area contributed by atoms with Crippen molar-refractivity contribution in [2.24, 2.45) is 10.9 Å². The molecule has 0 aromatic heterocycles. The minimum atomic E-state index is 0.591. The third kappa shape index (κ3) is 7.50. The number of aliphatic imine (C=N–C) groups is 1. The predicted molar refractivity (Wildman–Crippen MR) is 96.1 cm³/mol. The van der Waals surface area contributed by atoms with Crippen LogP contribution in [0.1, 0.15) is 26.7 Å². The van der Waals surface area contributed by atoms with Gasteiger partial charge in [0.2, 0.25) is 0 Å². The van der Waals surface area contributed by atoms with Gasteiger partial charge in [-0.2, -0.15) is 0 Å². The van der Waals surface area contributed by atoms with Crippen LogP contribution in [0.15, 0.2) is 4.99 Å². The molecule has 1 heterocycles. The minimum absolute atomic E-state index is 0.591. The highest BCUT2D eigenvalue weighted by atomic mass is 16.5. The summed E-state index contributed by atoms with van der Waals surface area (Å²) < 4.78 is 10.7. The summed E-state index contributed by atoms with van der Waals surface area (Å²) in [6.07, 6.45) is 2.35. The van der Waals surface area contributed by atoms with Crippen LogP contribution in [-0.2, 0) is 9.47 Å². The lowest BCUT2D eigenvalue weighted by Crippen LogP contribution is -2.44. The van der Waals surface area contributed by atoms with Gasteiger partial charge in [0, 0.05) is 52.3 Å². The fraction of sp³-hybridized carbons (Fsp3) is 0.941. The second kappa shape index (κ2) is 11.6. The number of hydrogen-bond acceptors (Lipinski definition) is 4. The Balaban J connectivity index is 2.25. The van der Waals surface area contributed by atoms with Gasteiger partial charge in [-0.25, -0.2) is 0 Å². The maximum absolute atomic E-state index is 5.65. The van der Waals surface area contributed by atoms with Crippen LogP contribution in [0.3, 0.4) is 0 Å².